The predicted octanol–water partition coefficient (Wildman–Crippen LogP) is 1.94. The Kier molecular flexibility index (Phi) is 4.78. The molecular formula is C16H16N3O+. The molecule has 0 aliphatic carbocycles. The zero-order chi connectivity index (χ0) is 14.2. The summed E-state index contributed by atoms with van der Waals surface area (Å²) in [6.07, 6.45) is 8.85. The Morgan fingerprint density at radius 2 is 2.00 bits per heavy atom. The molecule has 20 heavy (non-hydrogen) atoms. The molecule has 0 saturated carbocycles. The second kappa shape index (κ2) is 6.99. The number of carbonyl (C=O) groups is 1. The van der Waals surface area contributed by atoms with Gasteiger partial charge in [-0.1, -0.05) is 36.4 Å². The molecule has 1 aromatic carbocycles. The van der Waals surface area contributed by atoms with Crippen molar-refractivity contribution < 1.29 is 9.36 Å². The Morgan fingerprint density at radius 3 is 2.75 bits per heavy atom. The largest absolute Gasteiger partial charge is 0.277 e. The summed E-state index contributed by atoms with van der Waals surface area (Å²) in [6.45, 7) is 0. The average molecular weight is 266 g/mol. The first-order chi connectivity index (χ1) is 9.75. The summed E-state index contributed by atoms with van der Waals surface area (Å²) < 4.78 is 1.81. The normalized spacial score (nSPS) is 11.1. The van der Waals surface area contributed by atoms with Crippen LogP contribution in [-0.4, -0.2) is 12.1 Å². The number of carbonyl (C=O) groups excluding carboxylic acids is 1. The Bertz CT molecular complexity index is 633. The topological polar surface area (TPSA) is 45.3 Å². The molecule has 1 aromatic heterocycles. The van der Waals surface area contributed by atoms with E-state index in [0.29, 0.717) is 5.56 Å². The second-order valence-corrected chi connectivity index (χ2v) is 4.25. The molecule has 4 nitrogen and oxygen atoms in total. The van der Waals surface area contributed by atoms with Crippen LogP contribution >= 0.6 is 0 Å². The van der Waals surface area contributed by atoms with Gasteiger partial charge >= 0.3 is 0 Å². The Hall–Kier alpha value is -2.75. The number of hydrazone groups is 1. The molecule has 0 spiro atoms. The number of aromatic nitrogens is 1. The summed E-state index contributed by atoms with van der Waals surface area (Å²) >= 11 is 0. The van der Waals surface area contributed by atoms with Gasteiger partial charge in [-0.2, -0.15) is 5.10 Å². The second-order valence-electron chi connectivity index (χ2n) is 4.25. The fraction of sp³-hybridized carbons (Fsp3) is 0.0625. The van der Waals surface area contributed by atoms with Crippen LogP contribution in [0.15, 0.2) is 66.0 Å². The van der Waals surface area contributed by atoms with Crippen LogP contribution < -0.4 is 9.99 Å². The lowest BCUT2D eigenvalue weighted by Crippen LogP contribution is -2.29. The van der Waals surface area contributed by atoms with E-state index >= 15 is 0 Å². The molecule has 1 amide bonds. The fourth-order valence-corrected chi connectivity index (χ4v) is 1.64. The van der Waals surface area contributed by atoms with Gasteiger partial charge < -0.3 is 0 Å². The molecule has 0 aliphatic heterocycles. The molecule has 0 aliphatic rings. The maximum absolute atomic E-state index is 11.8. The van der Waals surface area contributed by atoms with Crippen molar-refractivity contribution in [3.05, 3.63) is 72.1 Å². The number of hydrogen-bond donors (Lipinski definition) is 1. The Balaban J connectivity index is 1.87. The van der Waals surface area contributed by atoms with Crippen molar-refractivity contribution >= 4 is 18.2 Å². The van der Waals surface area contributed by atoms with Crippen molar-refractivity contribution in [2.24, 2.45) is 12.1 Å². The van der Waals surface area contributed by atoms with Crippen LogP contribution in [0.3, 0.4) is 0 Å². The smallest absolute Gasteiger partial charge is 0.267 e. The van der Waals surface area contributed by atoms with Crippen molar-refractivity contribution in [2.45, 2.75) is 0 Å². The summed E-state index contributed by atoms with van der Waals surface area (Å²) in [6, 6.07) is 13.4. The number of benzene rings is 1. The first-order valence-corrected chi connectivity index (χ1v) is 6.26. The maximum Gasteiger partial charge on any atom is 0.277 e. The molecule has 1 heterocycles. The first-order valence-electron chi connectivity index (χ1n) is 6.26. The van der Waals surface area contributed by atoms with Gasteiger partial charge in [-0.3, -0.25) is 4.79 Å². The number of nitrogens with zero attached hydrogens (tertiary/aromatic N) is 2. The molecule has 0 bridgehead atoms. The highest BCUT2D eigenvalue weighted by Gasteiger charge is 2.06. The van der Waals surface area contributed by atoms with E-state index in [9.17, 15) is 4.79 Å². The predicted molar refractivity (Wildman–Crippen MR) is 79.1 cm³/mol. The van der Waals surface area contributed by atoms with Crippen molar-refractivity contribution in [2.75, 3.05) is 0 Å². The fourth-order valence-electron chi connectivity index (χ4n) is 1.64. The summed E-state index contributed by atoms with van der Waals surface area (Å²) in [5.41, 5.74) is 4.13. The van der Waals surface area contributed by atoms with Gasteiger partial charge in [-0.05, 0) is 17.7 Å². The molecule has 4 heteroatoms. The highest BCUT2D eigenvalue weighted by atomic mass is 16.2. The maximum atomic E-state index is 11.8. The van der Waals surface area contributed by atoms with Crippen LogP contribution in [0.1, 0.15) is 15.9 Å². The van der Waals surface area contributed by atoms with E-state index in [1.165, 1.54) is 0 Å². The summed E-state index contributed by atoms with van der Waals surface area (Å²) in [5.74, 6) is -0.231. The number of amides is 1. The lowest BCUT2D eigenvalue weighted by atomic mass is 10.2. The van der Waals surface area contributed by atoms with Gasteiger partial charge in [0.25, 0.3) is 5.91 Å². The van der Waals surface area contributed by atoms with Crippen LogP contribution in [-0.2, 0) is 7.05 Å². The Labute approximate surface area is 118 Å². The minimum Gasteiger partial charge on any atom is -0.267 e. The van der Waals surface area contributed by atoms with E-state index in [1.807, 2.05) is 60.3 Å². The van der Waals surface area contributed by atoms with Gasteiger partial charge in [0.1, 0.15) is 12.6 Å². The third-order valence-electron chi connectivity index (χ3n) is 2.62. The van der Waals surface area contributed by atoms with Gasteiger partial charge in [0.15, 0.2) is 12.4 Å². The number of hydrogen-bond acceptors (Lipinski definition) is 2. The van der Waals surface area contributed by atoms with Crippen molar-refractivity contribution in [3.8, 4) is 0 Å². The molecule has 2 rings (SSSR count). The van der Waals surface area contributed by atoms with E-state index in [0.717, 1.165) is 5.56 Å². The van der Waals surface area contributed by atoms with Crippen LogP contribution in [0.5, 0.6) is 0 Å². The standard InChI is InChI=1S/C16H15N3O/c1-19-12-6-10-15(13-19)16(20)18-17-11-5-9-14-7-3-2-4-8-14/h2-13H,1H3/p+1. The van der Waals surface area contributed by atoms with E-state index in [2.05, 4.69) is 10.5 Å². The molecule has 100 valence electrons. The van der Waals surface area contributed by atoms with Gasteiger partial charge in [0.2, 0.25) is 0 Å². The van der Waals surface area contributed by atoms with E-state index in [-0.39, 0.29) is 5.91 Å². The van der Waals surface area contributed by atoms with Crippen LogP contribution in [0.4, 0.5) is 0 Å². The van der Waals surface area contributed by atoms with Crippen molar-refractivity contribution in [1.29, 1.82) is 0 Å². The average Bonchev–Trinajstić information content (AvgIpc) is 2.48. The first kappa shape index (κ1) is 13.7. The van der Waals surface area contributed by atoms with Crippen molar-refractivity contribution in [1.82, 2.24) is 5.43 Å². The van der Waals surface area contributed by atoms with E-state index in [1.54, 1.807) is 24.6 Å². The molecule has 1 N–H and O–H groups in total. The lowest BCUT2D eigenvalue weighted by molar-refractivity contribution is -0.671. The Morgan fingerprint density at radius 1 is 1.20 bits per heavy atom. The zero-order valence-electron chi connectivity index (χ0n) is 11.2. The highest BCUT2D eigenvalue weighted by molar-refractivity contribution is 5.94. The summed E-state index contributed by atoms with van der Waals surface area (Å²) in [5, 5.41) is 3.87. The molecule has 0 unspecified atom stereocenters. The molecule has 0 radical (unpaired) electrons. The third kappa shape index (κ3) is 4.17. The van der Waals surface area contributed by atoms with Crippen LogP contribution in [0.2, 0.25) is 0 Å². The minimum absolute atomic E-state index is 0.231. The number of rotatable bonds is 4. The third-order valence-corrected chi connectivity index (χ3v) is 2.62. The molecule has 0 atom stereocenters. The molecule has 2 aromatic rings. The van der Waals surface area contributed by atoms with E-state index in [4.69, 9.17) is 0 Å². The monoisotopic (exact) mass is 266 g/mol. The van der Waals surface area contributed by atoms with Gasteiger partial charge in [0, 0.05) is 12.3 Å². The zero-order valence-corrected chi connectivity index (χ0v) is 11.2. The molecular weight excluding hydrogens is 250 g/mol. The number of allylic oxidation sites excluding steroid dienone is 1. The van der Waals surface area contributed by atoms with Gasteiger partial charge in [0.05, 0.1) is 0 Å². The minimum atomic E-state index is -0.231. The molecule has 0 saturated heterocycles. The molecule has 0 fully saturated rings. The van der Waals surface area contributed by atoms with Crippen LogP contribution in [0.25, 0.3) is 6.08 Å². The summed E-state index contributed by atoms with van der Waals surface area (Å²) in [7, 11) is 1.86. The number of aryl methyl sites for hydroxylation is 1. The van der Waals surface area contributed by atoms with Gasteiger partial charge in [-0.15, -0.1) is 0 Å². The van der Waals surface area contributed by atoms with Crippen molar-refractivity contribution in [3.63, 3.8) is 0 Å². The quantitative estimate of drug-likeness (QED) is 0.513. The SMILES string of the molecule is C[n+]1cccc(C(=O)NN=CC=Cc2ccccc2)c1. The number of pyridine rings is 1. The highest BCUT2D eigenvalue weighted by Crippen LogP contribution is 1.99. The number of nitrogens with one attached hydrogen (secondary N) is 1. The van der Waals surface area contributed by atoms with Gasteiger partial charge in [-0.25, -0.2) is 9.99 Å². The van der Waals surface area contributed by atoms with Crippen LogP contribution in [0, 0.1) is 0 Å². The lowest BCUT2D eigenvalue weighted by Gasteiger charge is -1.96. The van der Waals surface area contributed by atoms with E-state index < -0.39 is 0 Å². The summed E-state index contributed by atoms with van der Waals surface area (Å²) in [4.78, 5) is 11.8.